The minimum Gasteiger partial charge on any atom is -1.00 e. The number of rotatable bonds is 4. The van der Waals surface area contributed by atoms with E-state index in [-0.39, 0.29) is 37.2 Å². The number of anilines is 2. The highest BCUT2D eigenvalue weighted by Gasteiger charge is 2.10. The monoisotopic (exact) mass is 341 g/mol. The summed E-state index contributed by atoms with van der Waals surface area (Å²) in [4.78, 5) is 0. The van der Waals surface area contributed by atoms with Crippen molar-refractivity contribution < 1.29 is 16.9 Å². The van der Waals surface area contributed by atoms with Crippen LogP contribution in [0.25, 0.3) is 5.52 Å². The average molecular weight is 343 g/mol. The summed E-state index contributed by atoms with van der Waals surface area (Å²) in [6.45, 7) is 1.88. The molecule has 0 bridgehead atoms. The minimum atomic E-state index is 0. The van der Waals surface area contributed by atoms with Gasteiger partial charge in [-0.15, -0.1) is 29.9 Å². The molecule has 0 aliphatic heterocycles. The molecule has 0 aliphatic rings. The fourth-order valence-corrected chi connectivity index (χ4v) is 1.66. The van der Waals surface area contributed by atoms with Crippen molar-refractivity contribution in [1.82, 2.24) is 9.61 Å². The van der Waals surface area contributed by atoms with Crippen molar-refractivity contribution in [1.29, 1.82) is 0 Å². The van der Waals surface area contributed by atoms with Crippen molar-refractivity contribution in [2.24, 2.45) is 0 Å². The van der Waals surface area contributed by atoms with E-state index < -0.39 is 0 Å². The van der Waals surface area contributed by atoms with E-state index >= 15 is 0 Å². The average Bonchev–Trinajstić information content (AvgIpc) is 2.55. The van der Waals surface area contributed by atoms with Gasteiger partial charge in [-0.2, -0.15) is 0 Å². The first-order chi connectivity index (χ1) is 7.97. The van der Waals surface area contributed by atoms with Gasteiger partial charge in [0.1, 0.15) is 5.69 Å². The maximum atomic E-state index is 6.04. The lowest BCUT2D eigenvalue weighted by molar-refractivity contribution is -0.868. The van der Waals surface area contributed by atoms with Crippen LogP contribution < -0.4 is 23.5 Å². The van der Waals surface area contributed by atoms with Gasteiger partial charge in [-0.3, -0.25) is 0 Å². The van der Waals surface area contributed by atoms with Crippen LogP contribution >= 0.6 is 24.8 Å². The molecule has 20 heavy (non-hydrogen) atoms. The van der Waals surface area contributed by atoms with Gasteiger partial charge in [0.25, 0.3) is 0 Å². The highest BCUT2D eigenvalue weighted by atomic mass is 35.5. The molecular weight excluding hydrogens is 321 g/mol. The summed E-state index contributed by atoms with van der Waals surface area (Å²) >= 11 is 0. The third-order valence-corrected chi connectivity index (χ3v) is 2.65. The summed E-state index contributed by atoms with van der Waals surface area (Å²) in [6, 6.07) is 5.87. The highest BCUT2D eigenvalue weighted by Crippen LogP contribution is 2.22. The van der Waals surface area contributed by atoms with Gasteiger partial charge in [0, 0.05) is 6.20 Å². The molecule has 116 valence electrons. The molecule has 0 amide bonds. The number of pyridine rings is 1. The molecule has 0 radical (unpaired) electrons. The number of hydrogen-bond acceptors (Lipinski definition) is 3. The van der Waals surface area contributed by atoms with Crippen LogP contribution in [0.4, 0.5) is 11.5 Å². The van der Waals surface area contributed by atoms with Crippen LogP contribution in [0.5, 0.6) is 0 Å². The first kappa shape index (κ1) is 21.4. The van der Waals surface area contributed by atoms with Crippen LogP contribution in [0.1, 0.15) is 0 Å². The Bertz CT molecular complexity index is 521. The van der Waals surface area contributed by atoms with Crippen molar-refractivity contribution in [2.75, 3.05) is 45.3 Å². The Morgan fingerprint density at radius 3 is 2.45 bits per heavy atom. The number of nitrogens with two attached hydrogens (primary N) is 1. The number of halogens is 3. The Balaban J connectivity index is 0. The first-order valence-corrected chi connectivity index (χ1v) is 5.74. The summed E-state index contributed by atoms with van der Waals surface area (Å²) in [6.07, 6.45) is 1.90. The zero-order valence-corrected chi connectivity index (χ0v) is 14.2. The molecule has 2 aromatic rings. The van der Waals surface area contributed by atoms with Crippen molar-refractivity contribution >= 4 is 41.8 Å². The zero-order chi connectivity index (χ0) is 12.5. The molecule has 0 fully saturated rings. The first-order valence-electron chi connectivity index (χ1n) is 5.74. The van der Waals surface area contributed by atoms with Gasteiger partial charge in [0.2, 0.25) is 0 Å². The Morgan fingerprint density at radius 2 is 1.90 bits per heavy atom. The highest BCUT2D eigenvalue weighted by molar-refractivity contribution is 5.85. The normalized spacial score (nSPS) is 10.2. The van der Waals surface area contributed by atoms with Crippen LogP contribution in [0.3, 0.4) is 0 Å². The van der Waals surface area contributed by atoms with Gasteiger partial charge < -0.3 is 27.9 Å². The van der Waals surface area contributed by atoms with Gasteiger partial charge in [-0.05, 0) is 12.1 Å². The molecule has 0 saturated heterocycles. The molecule has 0 atom stereocenters. The molecule has 8 heteroatoms. The lowest BCUT2D eigenvalue weighted by Crippen LogP contribution is -3.00. The van der Waals surface area contributed by atoms with Crippen molar-refractivity contribution in [2.45, 2.75) is 0 Å². The number of quaternary nitrogens is 1. The molecule has 3 N–H and O–H groups in total. The maximum Gasteiger partial charge on any atom is 0.172 e. The summed E-state index contributed by atoms with van der Waals surface area (Å²) in [7, 11) is 6.48. The molecule has 2 heterocycles. The van der Waals surface area contributed by atoms with E-state index in [4.69, 9.17) is 5.73 Å². The second-order valence-electron chi connectivity index (χ2n) is 5.23. The summed E-state index contributed by atoms with van der Waals surface area (Å²) in [5.74, 6) is 0.768. The number of nitrogens with zero attached hydrogens (tertiary/aromatic N) is 3. The predicted molar refractivity (Wildman–Crippen MR) is 85.5 cm³/mol. The topological polar surface area (TPSA) is 55.4 Å². The van der Waals surface area contributed by atoms with E-state index in [1.807, 2.05) is 24.4 Å². The number of fused-ring (bicyclic) bond motifs is 1. The van der Waals surface area contributed by atoms with Gasteiger partial charge in [-0.25, -0.2) is 4.52 Å². The Kier molecular flexibility index (Phi) is 9.01. The molecular formula is C12H22Cl3N5. The summed E-state index contributed by atoms with van der Waals surface area (Å²) < 4.78 is 2.71. The predicted octanol–water partition coefficient (Wildman–Crippen LogP) is -1.12. The standard InChI is InChI=1S/C12H20N5.3ClH/c1-17(2,3)9-7-14-12-11(13)10-6-4-5-8-16(10)15-12;;;/h4-6,8H,7,9,13H2,1-3H3,(H,14,15);3*1H/q+1;;;/p-1. The molecule has 2 aromatic heterocycles. The number of hydrogen-bond donors (Lipinski definition) is 2. The van der Waals surface area contributed by atoms with E-state index in [2.05, 4.69) is 31.6 Å². The van der Waals surface area contributed by atoms with E-state index in [0.717, 1.165) is 28.9 Å². The van der Waals surface area contributed by atoms with E-state index in [0.29, 0.717) is 5.69 Å². The van der Waals surface area contributed by atoms with Crippen molar-refractivity contribution in [3.8, 4) is 0 Å². The van der Waals surface area contributed by atoms with E-state index in [1.165, 1.54) is 0 Å². The summed E-state index contributed by atoms with van der Waals surface area (Å²) in [5, 5.41) is 7.69. The van der Waals surface area contributed by atoms with Crippen LogP contribution in [0, 0.1) is 0 Å². The third-order valence-electron chi connectivity index (χ3n) is 2.65. The van der Waals surface area contributed by atoms with Crippen LogP contribution in [0.2, 0.25) is 0 Å². The van der Waals surface area contributed by atoms with Gasteiger partial charge >= 0.3 is 0 Å². The molecule has 0 saturated carbocycles. The lowest BCUT2D eigenvalue weighted by atomic mass is 10.3. The maximum absolute atomic E-state index is 6.04. The van der Waals surface area contributed by atoms with E-state index in [9.17, 15) is 0 Å². The minimum absolute atomic E-state index is 0. The smallest absolute Gasteiger partial charge is 0.172 e. The quantitative estimate of drug-likeness (QED) is 0.692. The second-order valence-corrected chi connectivity index (χ2v) is 5.23. The third kappa shape index (κ3) is 5.25. The van der Waals surface area contributed by atoms with Crippen LogP contribution in [0.15, 0.2) is 24.4 Å². The largest absolute Gasteiger partial charge is 1.00 e. The van der Waals surface area contributed by atoms with Crippen LogP contribution in [-0.2, 0) is 0 Å². The number of aromatic nitrogens is 2. The molecule has 0 aliphatic carbocycles. The Hall–Kier alpha value is -0.880. The van der Waals surface area contributed by atoms with Gasteiger partial charge in [-0.1, -0.05) is 6.07 Å². The van der Waals surface area contributed by atoms with Crippen molar-refractivity contribution in [3.63, 3.8) is 0 Å². The van der Waals surface area contributed by atoms with E-state index in [1.54, 1.807) is 4.52 Å². The zero-order valence-electron chi connectivity index (χ0n) is 11.8. The van der Waals surface area contributed by atoms with Crippen molar-refractivity contribution in [3.05, 3.63) is 24.4 Å². The lowest BCUT2D eigenvalue weighted by Gasteiger charge is -2.23. The number of nitrogens with one attached hydrogen (secondary N) is 1. The number of likely N-dealkylation sites (N-methyl/N-ethyl adjacent to an activating group) is 1. The van der Waals surface area contributed by atoms with Crippen LogP contribution in [-0.4, -0.2) is 48.3 Å². The summed E-state index contributed by atoms with van der Waals surface area (Å²) in [5.41, 5.74) is 7.70. The SMILES string of the molecule is C[N+](C)(C)CCNc1nn2ccccc2c1N.Cl.Cl.[Cl-]. The Morgan fingerprint density at radius 1 is 1.25 bits per heavy atom. The molecule has 0 aromatic carbocycles. The fourth-order valence-electron chi connectivity index (χ4n) is 1.66. The molecule has 0 unspecified atom stereocenters. The molecule has 0 spiro atoms. The molecule has 5 nitrogen and oxygen atoms in total. The van der Waals surface area contributed by atoms with Gasteiger partial charge in [0.15, 0.2) is 5.82 Å². The fraction of sp³-hybridized carbons (Fsp3) is 0.417. The Labute approximate surface area is 138 Å². The molecule has 2 rings (SSSR count). The number of nitrogen functional groups attached to an aromatic ring is 1. The second kappa shape index (κ2) is 8.42. The van der Waals surface area contributed by atoms with Gasteiger partial charge in [0.05, 0.1) is 39.7 Å².